The van der Waals surface area contributed by atoms with Crippen molar-refractivity contribution in [3.8, 4) is 11.5 Å². The second kappa shape index (κ2) is 10.0. The smallest absolute Gasteiger partial charge is 0.309 e. The van der Waals surface area contributed by atoms with E-state index in [4.69, 9.17) is 0 Å². The number of carbonyl (C=O) groups is 1. The van der Waals surface area contributed by atoms with E-state index in [0.717, 1.165) is 62.5 Å². The Hall–Kier alpha value is -1.71. The zero-order valence-corrected chi connectivity index (χ0v) is 17.8. The highest BCUT2D eigenvalue weighted by Gasteiger charge is 2.26. The minimum Gasteiger partial charge on any atom is -0.504 e. The van der Waals surface area contributed by atoms with Gasteiger partial charge in [0, 0.05) is 5.56 Å². The van der Waals surface area contributed by atoms with E-state index < -0.39 is 11.4 Å². The van der Waals surface area contributed by atoms with Crippen LogP contribution in [0.15, 0.2) is 12.1 Å². The van der Waals surface area contributed by atoms with Gasteiger partial charge in [-0.05, 0) is 69.4 Å². The maximum absolute atomic E-state index is 11.2. The van der Waals surface area contributed by atoms with E-state index in [-0.39, 0.29) is 11.5 Å². The number of carboxylic acid groups (broad SMARTS) is 1. The van der Waals surface area contributed by atoms with Crippen LogP contribution in [-0.2, 0) is 17.6 Å². The third-order valence-electron chi connectivity index (χ3n) is 5.29. The Morgan fingerprint density at radius 3 is 2.04 bits per heavy atom. The number of aryl methyl sites for hydroxylation is 1. The van der Waals surface area contributed by atoms with Crippen molar-refractivity contribution < 1.29 is 20.1 Å². The van der Waals surface area contributed by atoms with Gasteiger partial charge in [0.1, 0.15) is 0 Å². The van der Waals surface area contributed by atoms with Crippen LogP contribution in [0.1, 0.15) is 90.7 Å². The van der Waals surface area contributed by atoms with Crippen molar-refractivity contribution in [3.05, 3.63) is 23.3 Å². The minimum atomic E-state index is -0.747. The summed E-state index contributed by atoms with van der Waals surface area (Å²) in [5, 5.41) is 29.3. The maximum Gasteiger partial charge on any atom is 0.309 e. The standard InChI is InChI=1S/C23H38O4/c1-22(2,3)15-10-8-12-18-17(13-14-19(24)20(18)25)11-7-6-9-16-23(4,5)21(26)27/h13-14,24-25H,6-12,15-16H2,1-5H3,(H,26,27). The normalized spacial score (nSPS) is 12.3. The average molecular weight is 379 g/mol. The molecule has 1 rings (SSSR count). The SMILES string of the molecule is CC(C)(C)CCCCc1c(CCCCCC(C)(C)C(=O)O)ccc(O)c1O. The summed E-state index contributed by atoms with van der Waals surface area (Å²) in [7, 11) is 0. The van der Waals surface area contributed by atoms with Crippen LogP contribution in [0.2, 0.25) is 0 Å². The lowest BCUT2D eigenvalue weighted by Gasteiger charge is -2.19. The van der Waals surface area contributed by atoms with Crippen molar-refractivity contribution >= 4 is 5.97 Å². The van der Waals surface area contributed by atoms with Gasteiger partial charge in [-0.3, -0.25) is 4.79 Å². The Morgan fingerprint density at radius 1 is 0.852 bits per heavy atom. The zero-order chi connectivity index (χ0) is 20.7. The van der Waals surface area contributed by atoms with Gasteiger partial charge in [-0.25, -0.2) is 0 Å². The number of unbranched alkanes of at least 4 members (excludes halogenated alkanes) is 3. The average Bonchev–Trinajstić information content (AvgIpc) is 2.55. The first kappa shape index (κ1) is 23.3. The van der Waals surface area contributed by atoms with Gasteiger partial charge in [0.2, 0.25) is 0 Å². The fourth-order valence-electron chi connectivity index (χ4n) is 3.30. The molecular weight excluding hydrogens is 340 g/mol. The van der Waals surface area contributed by atoms with Crippen LogP contribution in [0.25, 0.3) is 0 Å². The molecule has 0 radical (unpaired) electrons. The van der Waals surface area contributed by atoms with Crippen LogP contribution in [0.3, 0.4) is 0 Å². The second-order valence-corrected chi connectivity index (χ2v) is 9.59. The highest BCUT2D eigenvalue weighted by atomic mass is 16.4. The summed E-state index contributed by atoms with van der Waals surface area (Å²) >= 11 is 0. The molecule has 1 aromatic rings. The summed E-state index contributed by atoms with van der Waals surface area (Å²) in [6.07, 6.45) is 8.31. The number of phenols is 2. The van der Waals surface area contributed by atoms with Gasteiger partial charge in [0.25, 0.3) is 0 Å². The van der Waals surface area contributed by atoms with Gasteiger partial charge >= 0.3 is 5.97 Å². The predicted molar refractivity (Wildman–Crippen MR) is 110 cm³/mol. The number of carboxylic acids is 1. The highest BCUT2D eigenvalue weighted by Crippen LogP contribution is 2.34. The molecular formula is C23H38O4. The van der Waals surface area contributed by atoms with E-state index in [0.29, 0.717) is 11.8 Å². The fourth-order valence-corrected chi connectivity index (χ4v) is 3.30. The summed E-state index contributed by atoms with van der Waals surface area (Å²) in [6.45, 7) is 10.2. The monoisotopic (exact) mass is 378 g/mol. The Balaban J connectivity index is 2.57. The van der Waals surface area contributed by atoms with Crippen molar-refractivity contribution in [2.24, 2.45) is 10.8 Å². The molecule has 0 saturated carbocycles. The maximum atomic E-state index is 11.2. The van der Waals surface area contributed by atoms with Crippen LogP contribution >= 0.6 is 0 Å². The number of hydrogen-bond donors (Lipinski definition) is 3. The summed E-state index contributed by atoms with van der Waals surface area (Å²) < 4.78 is 0. The Morgan fingerprint density at radius 2 is 1.44 bits per heavy atom. The van der Waals surface area contributed by atoms with Crippen LogP contribution in [-0.4, -0.2) is 21.3 Å². The van der Waals surface area contributed by atoms with E-state index >= 15 is 0 Å². The van der Waals surface area contributed by atoms with E-state index in [1.54, 1.807) is 19.9 Å². The predicted octanol–water partition coefficient (Wildman–Crippen LogP) is 6.07. The van der Waals surface area contributed by atoms with Crippen LogP contribution in [0.5, 0.6) is 11.5 Å². The molecule has 3 N–H and O–H groups in total. The number of hydrogen-bond acceptors (Lipinski definition) is 3. The minimum absolute atomic E-state index is 0.0234. The molecule has 0 atom stereocenters. The molecule has 0 aliphatic heterocycles. The largest absolute Gasteiger partial charge is 0.504 e. The van der Waals surface area contributed by atoms with Gasteiger partial charge in [0.05, 0.1) is 5.41 Å². The van der Waals surface area contributed by atoms with Gasteiger partial charge < -0.3 is 15.3 Å². The van der Waals surface area contributed by atoms with Crippen molar-refractivity contribution in [1.82, 2.24) is 0 Å². The molecule has 0 aliphatic carbocycles. The molecule has 0 aromatic heterocycles. The van der Waals surface area contributed by atoms with Crippen LogP contribution in [0, 0.1) is 10.8 Å². The summed E-state index contributed by atoms with van der Waals surface area (Å²) in [5.74, 6) is -0.772. The molecule has 4 heteroatoms. The number of phenolic OH excluding ortho intramolecular Hbond substituents is 2. The number of aliphatic carboxylic acids is 1. The molecule has 27 heavy (non-hydrogen) atoms. The zero-order valence-electron chi connectivity index (χ0n) is 17.8. The van der Waals surface area contributed by atoms with Crippen molar-refractivity contribution in [2.45, 2.75) is 92.4 Å². The Bertz CT molecular complexity index is 612. The second-order valence-electron chi connectivity index (χ2n) is 9.59. The molecule has 0 fully saturated rings. The quantitative estimate of drug-likeness (QED) is 0.322. The third kappa shape index (κ3) is 8.23. The number of benzene rings is 1. The number of aromatic hydroxyl groups is 2. The van der Waals surface area contributed by atoms with E-state index in [1.807, 2.05) is 6.07 Å². The molecule has 0 heterocycles. The third-order valence-corrected chi connectivity index (χ3v) is 5.29. The van der Waals surface area contributed by atoms with Gasteiger partial charge in [-0.1, -0.05) is 46.1 Å². The van der Waals surface area contributed by atoms with Crippen LogP contribution < -0.4 is 0 Å². The summed E-state index contributed by atoms with van der Waals surface area (Å²) in [4.78, 5) is 11.2. The van der Waals surface area contributed by atoms with Crippen molar-refractivity contribution in [2.75, 3.05) is 0 Å². The first-order chi connectivity index (χ1) is 12.4. The number of rotatable bonds is 11. The molecule has 0 unspecified atom stereocenters. The van der Waals surface area contributed by atoms with Crippen LogP contribution in [0.4, 0.5) is 0 Å². The molecule has 0 bridgehead atoms. The van der Waals surface area contributed by atoms with Gasteiger partial charge in [0.15, 0.2) is 11.5 Å². The first-order valence-corrected chi connectivity index (χ1v) is 10.2. The molecule has 0 saturated heterocycles. The Kier molecular flexibility index (Phi) is 8.64. The van der Waals surface area contributed by atoms with Gasteiger partial charge in [-0.2, -0.15) is 0 Å². The van der Waals surface area contributed by atoms with E-state index in [9.17, 15) is 20.1 Å². The topological polar surface area (TPSA) is 77.8 Å². The molecule has 1 aromatic carbocycles. The van der Waals surface area contributed by atoms with Gasteiger partial charge in [-0.15, -0.1) is 0 Å². The summed E-state index contributed by atoms with van der Waals surface area (Å²) in [5.41, 5.74) is 1.61. The molecule has 0 amide bonds. The fraction of sp³-hybridized carbons (Fsp3) is 0.696. The lowest BCUT2D eigenvalue weighted by Crippen LogP contribution is -2.23. The van der Waals surface area contributed by atoms with E-state index in [1.165, 1.54) is 0 Å². The molecule has 0 spiro atoms. The lowest BCUT2D eigenvalue weighted by atomic mass is 9.86. The molecule has 154 valence electrons. The Labute approximate surface area is 164 Å². The van der Waals surface area contributed by atoms with E-state index in [2.05, 4.69) is 20.8 Å². The van der Waals surface area contributed by atoms with Crippen molar-refractivity contribution in [1.29, 1.82) is 0 Å². The molecule has 4 nitrogen and oxygen atoms in total. The lowest BCUT2D eigenvalue weighted by molar-refractivity contribution is -0.147. The molecule has 0 aliphatic rings. The highest BCUT2D eigenvalue weighted by molar-refractivity contribution is 5.73. The first-order valence-electron chi connectivity index (χ1n) is 10.2. The summed E-state index contributed by atoms with van der Waals surface area (Å²) in [6, 6.07) is 3.48. The van der Waals surface area contributed by atoms with Crippen molar-refractivity contribution in [3.63, 3.8) is 0 Å².